The largest absolute Gasteiger partial charge is 0.423 e. The van der Waals surface area contributed by atoms with E-state index in [2.05, 4.69) is 20.0 Å². The maximum Gasteiger partial charge on any atom is 0.298 e. The highest BCUT2D eigenvalue weighted by Crippen LogP contribution is 2.27. The molecule has 0 atom stereocenters. The number of rotatable bonds is 2. The van der Waals surface area contributed by atoms with Crippen LogP contribution in [-0.4, -0.2) is 32.8 Å². The second-order valence-electron chi connectivity index (χ2n) is 5.06. The summed E-state index contributed by atoms with van der Waals surface area (Å²) >= 11 is 0. The van der Waals surface area contributed by atoms with E-state index in [0.29, 0.717) is 6.04 Å². The number of hydrogen-bond donors (Lipinski definition) is 0. The Morgan fingerprint density at radius 3 is 2.75 bits per heavy atom. The van der Waals surface area contributed by atoms with E-state index in [4.69, 9.17) is 4.42 Å². The van der Waals surface area contributed by atoms with Crippen LogP contribution in [0.15, 0.2) is 41.3 Å². The lowest BCUT2D eigenvalue weighted by molar-refractivity contribution is 0.356. The molecule has 6 nitrogen and oxygen atoms in total. The second kappa shape index (κ2) is 4.63. The molecule has 4 rings (SSSR count). The number of piperidine rings is 1. The van der Waals surface area contributed by atoms with Crippen LogP contribution < -0.4 is 4.90 Å². The maximum atomic E-state index is 5.81. The maximum absolute atomic E-state index is 5.81. The quantitative estimate of drug-likeness (QED) is 0.714. The summed E-state index contributed by atoms with van der Waals surface area (Å²) in [6.07, 6.45) is 5.44. The summed E-state index contributed by atoms with van der Waals surface area (Å²) in [7, 11) is 0. The Bertz CT molecular complexity index is 664. The Labute approximate surface area is 116 Å². The fourth-order valence-corrected chi connectivity index (χ4v) is 2.72. The zero-order valence-corrected chi connectivity index (χ0v) is 11.0. The summed E-state index contributed by atoms with van der Waals surface area (Å²) in [6.45, 7) is 1.86. The van der Waals surface area contributed by atoms with Gasteiger partial charge in [0.2, 0.25) is 0 Å². The predicted octanol–water partition coefficient (Wildman–Crippen LogP) is 2.26. The molecule has 0 spiro atoms. The van der Waals surface area contributed by atoms with Crippen molar-refractivity contribution in [3.8, 4) is 0 Å². The summed E-state index contributed by atoms with van der Waals surface area (Å²) in [5.41, 5.74) is 1.77. The molecular weight excluding hydrogens is 254 g/mol. The summed E-state index contributed by atoms with van der Waals surface area (Å²) in [6, 6.07) is 9.03. The lowest BCUT2D eigenvalue weighted by atomic mass is 10.1. The van der Waals surface area contributed by atoms with Gasteiger partial charge in [-0.15, -0.1) is 0 Å². The third kappa shape index (κ3) is 1.93. The molecule has 0 saturated carbocycles. The highest BCUT2D eigenvalue weighted by atomic mass is 16.4. The van der Waals surface area contributed by atoms with Gasteiger partial charge < -0.3 is 9.32 Å². The highest BCUT2D eigenvalue weighted by Gasteiger charge is 2.23. The zero-order chi connectivity index (χ0) is 13.4. The van der Waals surface area contributed by atoms with Gasteiger partial charge in [-0.3, -0.25) is 0 Å². The van der Waals surface area contributed by atoms with Crippen molar-refractivity contribution in [3.63, 3.8) is 0 Å². The molecule has 1 fully saturated rings. The number of oxazole rings is 1. The van der Waals surface area contributed by atoms with E-state index in [-0.39, 0.29) is 0 Å². The van der Waals surface area contributed by atoms with Crippen LogP contribution in [0.1, 0.15) is 18.9 Å². The van der Waals surface area contributed by atoms with E-state index in [1.807, 2.05) is 28.9 Å². The molecule has 0 unspecified atom stereocenters. The van der Waals surface area contributed by atoms with Gasteiger partial charge in [0.25, 0.3) is 6.01 Å². The molecule has 102 valence electrons. The lowest BCUT2D eigenvalue weighted by Crippen LogP contribution is -2.34. The van der Waals surface area contributed by atoms with E-state index in [1.54, 1.807) is 12.7 Å². The van der Waals surface area contributed by atoms with E-state index >= 15 is 0 Å². The number of anilines is 1. The molecule has 0 bridgehead atoms. The van der Waals surface area contributed by atoms with E-state index in [0.717, 1.165) is 43.0 Å². The van der Waals surface area contributed by atoms with Crippen molar-refractivity contribution >= 4 is 17.1 Å². The summed E-state index contributed by atoms with van der Waals surface area (Å²) in [5.74, 6) is 0. The van der Waals surface area contributed by atoms with Crippen molar-refractivity contribution in [3.05, 3.63) is 36.9 Å². The zero-order valence-electron chi connectivity index (χ0n) is 11.0. The van der Waals surface area contributed by atoms with Gasteiger partial charge in [-0.05, 0) is 25.0 Å². The first kappa shape index (κ1) is 11.5. The van der Waals surface area contributed by atoms with Gasteiger partial charge >= 0.3 is 0 Å². The van der Waals surface area contributed by atoms with Crippen LogP contribution in [-0.2, 0) is 0 Å². The molecule has 0 radical (unpaired) electrons. The first-order chi connectivity index (χ1) is 9.90. The van der Waals surface area contributed by atoms with Gasteiger partial charge in [0.05, 0.1) is 6.04 Å². The standard InChI is InChI=1S/C14H15N5O/c1-2-4-13-12(3-1)17-14(20-13)18-7-5-11(6-8-18)19-10-15-9-16-19/h1-4,9-11H,5-8H2. The Balaban J connectivity index is 1.51. The molecule has 1 saturated heterocycles. The molecule has 20 heavy (non-hydrogen) atoms. The van der Waals surface area contributed by atoms with Crippen molar-refractivity contribution in [1.29, 1.82) is 0 Å². The Morgan fingerprint density at radius 1 is 1.15 bits per heavy atom. The molecule has 3 aromatic rings. The number of fused-ring (bicyclic) bond motifs is 1. The molecule has 2 aromatic heterocycles. The minimum atomic E-state index is 0.429. The normalized spacial score (nSPS) is 16.9. The van der Waals surface area contributed by atoms with E-state index in [1.165, 1.54) is 0 Å². The minimum absolute atomic E-state index is 0.429. The third-order valence-electron chi connectivity index (χ3n) is 3.83. The number of nitrogens with zero attached hydrogens (tertiary/aromatic N) is 5. The first-order valence-corrected chi connectivity index (χ1v) is 6.85. The van der Waals surface area contributed by atoms with Crippen LogP contribution in [0.5, 0.6) is 0 Å². The molecule has 1 aliphatic heterocycles. The smallest absolute Gasteiger partial charge is 0.298 e. The Morgan fingerprint density at radius 2 is 2.00 bits per heavy atom. The molecule has 0 N–H and O–H groups in total. The van der Waals surface area contributed by atoms with Gasteiger partial charge in [0, 0.05) is 13.1 Å². The Hall–Kier alpha value is -2.37. The number of para-hydroxylation sites is 2. The predicted molar refractivity (Wildman–Crippen MR) is 74.5 cm³/mol. The second-order valence-corrected chi connectivity index (χ2v) is 5.06. The third-order valence-corrected chi connectivity index (χ3v) is 3.83. The van der Waals surface area contributed by atoms with Crippen LogP contribution in [0, 0.1) is 0 Å². The molecule has 0 aliphatic carbocycles. The average Bonchev–Trinajstić information content (AvgIpc) is 3.17. The van der Waals surface area contributed by atoms with Crippen molar-refractivity contribution in [2.24, 2.45) is 0 Å². The molecule has 6 heteroatoms. The minimum Gasteiger partial charge on any atom is -0.423 e. The fourth-order valence-electron chi connectivity index (χ4n) is 2.72. The average molecular weight is 269 g/mol. The number of hydrogen-bond acceptors (Lipinski definition) is 5. The summed E-state index contributed by atoms with van der Waals surface area (Å²) in [4.78, 5) is 10.8. The monoisotopic (exact) mass is 269 g/mol. The van der Waals surface area contributed by atoms with Crippen molar-refractivity contribution < 1.29 is 4.42 Å². The SMILES string of the molecule is c1ccc2oc(N3CCC(n4cncn4)CC3)nc2c1. The summed E-state index contributed by atoms with van der Waals surface area (Å²) < 4.78 is 7.76. The van der Waals surface area contributed by atoms with Gasteiger partial charge in [0.1, 0.15) is 18.2 Å². The molecule has 3 heterocycles. The number of aromatic nitrogens is 4. The van der Waals surface area contributed by atoms with Crippen LogP contribution in [0.4, 0.5) is 6.01 Å². The van der Waals surface area contributed by atoms with Crippen LogP contribution in [0.2, 0.25) is 0 Å². The molecule has 0 amide bonds. The first-order valence-electron chi connectivity index (χ1n) is 6.85. The fraction of sp³-hybridized carbons (Fsp3) is 0.357. The van der Waals surface area contributed by atoms with E-state index < -0.39 is 0 Å². The van der Waals surface area contributed by atoms with Crippen molar-refractivity contribution in [2.75, 3.05) is 18.0 Å². The molecule has 1 aliphatic rings. The Kier molecular flexibility index (Phi) is 2.65. The van der Waals surface area contributed by atoms with Crippen molar-refractivity contribution in [1.82, 2.24) is 19.7 Å². The highest BCUT2D eigenvalue weighted by molar-refractivity contribution is 5.74. The molecular formula is C14H15N5O. The van der Waals surface area contributed by atoms with Crippen LogP contribution in [0.3, 0.4) is 0 Å². The van der Waals surface area contributed by atoms with E-state index in [9.17, 15) is 0 Å². The lowest BCUT2D eigenvalue weighted by Gasteiger charge is -2.30. The molecule has 1 aromatic carbocycles. The topological polar surface area (TPSA) is 60.0 Å². The van der Waals surface area contributed by atoms with Gasteiger partial charge in [-0.1, -0.05) is 12.1 Å². The van der Waals surface area contributed by atoms with Crippen molar-refractivity contribution in [2.45, 2.75) is 18.9 Å². The number of benzene rings is 1. The van der Waals surface area contributed by atoms with Gasteiger partial charge in [-0.2, -0.15) is 10.1 Å². The van der Waals surface area contributed by atoms with Gasteiger partial charge in [0.15, 0.2) is 5.58 Å². The van der Waals surface area contributed by atoms with Crippen LogP contribution >= 0.6 is 0 Å². The summed E-state index contributed by atoms with van der Waals surface area (Å²) in [5, 5.41) is 4.22. The van der Waals surface area contributed by atoms with Gasteiger partial charge in [-0.25, -0.2) is 9.67 Å². The van der Waals surface area contributed by atoms with Crippen LogP contribution in [0.25, 0.3) is 11.1 Å².